The Balaban J connectivity index is 1.59. The van der Waals surface area contributed by atoms with Crippen LogP contribution in [-0.2, 0) is 9.59 Å². The molecule has 1 aliphatic heterocycles. The molecule has 0 spiro atoms. The van der Waals surface area contributed by atoms with E-state index in [4.69, 9.17) is 10.5 Å². The molecule has 10 heteroatoms. The van der Waals surface area contributed by atoms with Crippen molar-refractivity contribution in [3.63, 3.8) is 0 Å². The van der Waals surface area contributed by atoms with E-state index in [9.17, 15) is 9.59 Å². The molecule has 0 radical (unpaired) electrons. The summed E-state index contributed by atoms with van der Waals surface area (Å²) in [5, 5.41) is 9.58. The Hall–Kier alpha value is -3.53. The first-order valence-corrected chi connectivity index (χ1v) is 12.7. The fraction of sp³-hybridized carbons (Fsp3) is 0.360. The molecule has 35 heavy (non-hydrogen) atoms. The maximum atomic E-state index is 13.4. The number of piperidine rings is 1. The molecular weight excluding hydrogens is 464 g/mol. The maximum Gasteiger partial charge on any atom is 0.237 e. The van der Waals surface area contributed by atoms with Crippen LogP contribution in [0.3, 0.4) is 0 Å². The van der Waals surface area contributed by atoms with E-state index < -0.39 is 5.91 Å². The first-order chi connectivity index (χ1) is 17.1. The molecule has 0 atom stereocenters. The van der Waals surface area contributed by atoms with Gasteiger partial charge in [-0.3, -0.25) is 14.2 Å². The lowest BCUT2D eigenvalue weighted by atomic mass is 10.1. The summed E-state index contributed by atoms with van der Waals surface area (Å²) >= 11 is 1.32. The van der Waals surface area contributed by atoms with Crippen molar-refractivity contribution < 1.29 is 14.3 Å². The zero-order valence-corrected chi connectivity index (χ0v) is 20.6. The van der Waals surface area contributed by atoms with Gasteiger partial charge in [0.25, 0.3) is 0 Å². The standard InChI is InChI=1S/C25H30N6O3S/c1-34-21-13-7-6-12-20(21)30(17-14-22(26)32)23(33)18-35-25-28-27-24(29-15-8-3-9-16-29)31(25)19-10-4-2-5-11-19/h2,4-7,10-13H,3,8-9,14-18H2,1H3,(H2,26,32). The number of aromatic nitrogens is 3. The number of nitrogens with two attached hydrogens (primary N) is 1. The summed E-state index contributed by atoms with van der Waals surface area (Å²) in [6.45, 7) is 2.03. The van der Waals surface area contributed by atoms with Crippen LogP contribution in [0.25, 0.3) is 5.69 Å². The van der Waals surface area contributed by atoms with Crippen molar-refractivity contribution in [1.29, 1.82) is 0 Å². The smallest absolute Gasteiger partial charge is 0.237 e. The van der Waals surface area contributed by atoms with Gasteiger partial charge in [0.1, 0.15) is 5.75 Å². The number of amides is 2. The summed E-state index contributed by atoms with van der Waals surface area (Å²) < 4.78 is 7.46. The molecule has 1 fully saturated rings. The van der Waals surface area contributed by atoms with Gasteiger partial charge in [0.2, 0.25) is 17.8 Å². The Bertz CT molecular complexity index is 1150. The molecule has 2 amide bonds. The third-order valence-electron chi connectivity index (χ3n) is 5.85. The van der Waals surface area contributed by atoms with Gasteiger partial charge in [-0.2, -0.15) is 0 Å². The number of carbonyl (C=O) groups is 2. The molecule has 3 aromatic rings. The van der Waals surface area contributed by atoms with Crippen LogP contribution in [0.2, 0.25) is 0 Å². The zero-order chi connectivity index (χ0) is 24.6. The number of hydrogen-bond donors (Lipinski definition) is 1. The van der Waals surface area contributed by atoms with Crippen molar-refractivity contribution in [2.75, 3.05) is 42.3 Å². The molecule has 2 N–H and O–H groups in total. The Labute approximate surface area is 209 Å². The highest BCUT2D eigenvalue weighted by molar-refractivity contribution is 7.99. The Morgan fingerprint density at radius 3 is 2.46 bits per heavy atom. The van der Waals surface area contributed by atoms with Crippen LogP contribution < -0.4 is 20.3 Å². The topological polar surface area (TPSA) is 107 Å². The number of benzene rings is 2. The van der Waals surface area contributed by atoms with Crippen molar-refractivity contribution in [2.45, 2.75) is 30.8 Å². The quantitative estimate of drug-likeness (QED) is 0.431. The molecule has 184 valence electrons. The molecule has 0 unspecified atom stereocenters. The Morgan fingerprint density at radius 2 is 1.74 bits per heavy atom. The minimum atomic E-state index is -0.472. The first-order valence-electron chi connectivity index (χ1n) is 11.7. The van der Waals surface area contributed by atoms with Gasteiger partial charge in [0.15, 0.2) is 5.16 Å². The van der Waals surface area contributed by atoms with Crippen LogP contribution in [0, 0.1) is 0 Å². The number of rotatable bonds is 10. The molecule has 1 aromatic heterocycles. The molecule has 2 heterocycles. The monoisotopic (exact) mass is 494 g/mol. The van der Waals surface area contributed by atoms with E-state index >= 15 is 0 Å². The minimum Gasteiger partial charge on any atom is -0.495 e. The number of anilines is 2. The molecule has 4 rings (SSSR count). The second-order valence-corrected chi connectivity index (χ2v) is 9.17. The van der Waals surface area contributed by atoms with Crippen molar-refractivity contribution in [1.82, 2.24) is 14.8 Å². The minimum absolute atomic E-state index is 0.0494. The number of carbonyl (C=O) groups excluding carboxylic acids is 2. The van der Waals surface area contributed by atoms with E-state index in [1.165, 1.54) is 18.2 Å². The van der Waals surface area contributed by atoms with Crippen molar-refractivity contribution in [3.05, 3.63) is 54.6 Å². The van der Waals surface area contributed by atoms with Crippen molar-refractivity contribution in [2.24, 2.45) is 5.73 Å². The predicted molar refractivity (Wildman–Crippen MR) is 137 cm³/mol. The van der Waals surface area contributed by atoms with Crippen LogP contribution in [0.15, 0.2) is 59.8 Å². The van der Waals surface area contributed by atoms with Gasteiger partial charge >= 0.3 is 0 Å². The molecule has 0 aliphatic carbocycles. The number of ether oxygens (including phenoxy) is 1. The van der Waals surface area contributed by atoms with Crippen LogP contribution in [0.4, 0.5) is 11.6 Å². The van der Waals surface area contributed by atoms with Crippen LogP contribution in [0.1, 0.15) is 25.7 Å². The first kappa shape index (κ1) is 24.6. The van der Waals surface area contributed by atoms with Crippen LogP contribution >= 0.6 is 11.8 Å². The van der Waals surface area contributed by atoms with Gasteiger partial charge in [-0.25, -0.2) is 0 Å². The lowest BCUT2D eigenvalue weighted by molar-refractivity contribution is -0.118. The zero-order valence-electron chi connectivity index (χ0n) is 19.8. The second kappa shape index (κ2) is 11.7. The Kier molecular flexibility index (Phi) is 8.25. The highest BCUT2D eigenvalue weighted by Gasteiger charge is 2.24. The second-order valence-electron chi connectivity index (χ2n) is 8.22. The number of hydrogen-bond acceptors (Lipinski definition) is 7. The number of thioether (sulfide) groups is 1. The summed E-state index contributed by atoms with van der Waals surface area (Å²) in [5.41, 5.74) is 6.92. The molecule has 0 bridgehead atoms. The van der Waals surface area contributed by atoms with Gasteiger partial charge in [0, 0.05) is 26.1 Å². The molecule has 2 aromatic carbocycles. The SMILES string of the molecule is COc1ccccc1N(CCC(N)=O)C(=O)CSc1nnc(N2CCCCC2)n1-c1ccccc1. The normalized spacial score (nSPS) is 13.5. The van der Waals surface area contributed by atoms with Crippen LogP contribution in [-0.4, -0.2) is 59.1 Å². The maximum absolute atomic E-state index is 13.4. The number of methoxy groups -OCH3 is 1. The third-order valence-corrected chi connectivity index (χ3v) is 6.77. The lowest BCUT2D eigenvalue weighted by Gasteiger charge is -2.28. The molecular formula is C25H30N6O3S. The summed E-state index contributed by atoms with van der Waals surface area (Å²) in [6.07, 6.45) is 3.51. The fourth-order valence-electron chi connectivity index (χ4n) is 4.12. The third kappa shape index (κ3) is 5.94. The Morgan fingerprint density at radius 1 is 1.03 bits per heavy atom. The summed E-state index contributed by atoms with van der Waals surface area (Å²) in [5.74, 6) is 0.807. The van der Waals surface area contributed by atoms with E-state index in [0.29, 0.717) is 16.6 Å². The van der Waals surface area contributed by atoms with Gasteiger partial charge in [-0.05, 0) is 43.5 Å². The molecule has 1 aliphatic rings. The lowest BCUT2D eigenvalue weighted by Crippen LogP contribution is -2.35. The van der Waals surface area contributed by atoms with Crippen molar-refractivity contribution >= 4 is 35.2 Å². The fourth-order valence-corrected chi connectivity index (χ4v) is 4.94. The highest BCUT2D eigenvalue weighted by atomic mass is 32.2. The van der Waals surface area contributed by atoms with Gasteiger partial charge in [0.05, 0.1) is 24.2 Å². The highest BCUT2D eigenvalue weighted by Crippen LogP contribution is 2.31. The van der Waals surface area contributed by atoms with Gasteiger partial charge in [-0.15, -0.1) is 10.2 Å². The van der Waals surface area contributed by atoms with E-state index in [0.717, 1.165) is 37.6 Å². The van der Waals surface area contributed by atoms with Crippen LogP contribution in [0.5, 0.6) is 5.75 Å². The average Bonchev–Trinajstić information content (AvgIpc) is 3.32. The summed E-state index contributed by atoms with van der Waals surface area (Å²) in [6, 6.07) is 17.2. The van der Waals surface area contributed by atoms with E-state index in [-0.39, 0.29) is 24.6 Å². The summed E-state index contributed by atoms with van der Waals surface area (Å²) in [7, 11) is 1.55. The largest absolute Gasteiger partial charge is 0.495 e. The van der Waals surface area contributed by atoms with E-state index in [1.54, 1.807) is 24.1 Å². The predicted octanol–water partition coefficient (Wildman–Crippen LogP) is 3.27. The van der Waals surface area contributed by atoms with E-state index in [2.05, 4.69) is 15.1 Å². The molecule has 1 saturated heterocycles. The van der Waals surface area contributed by atoms with Crippen molar-refractivity contribution in [3.8, 4) is 11.4 Å². The molecule has 9 nitrogen and oxygen atoms in total. The number of nitrogens with zero attached hydrogens (tertiary/aromatic N) is 5. The van der Waals surface area contributed by atoms with E-state index in [1.807, 2.05) is 47.0 Å². The van der Waals surface area contributed by atoms with Gasteiger partial charge in [-0.1, -0.05) is 42.1 Å². The average molecular weight is 495 g/mol. The number of para-hydroxylation sites is 3. The number of primary amides is 1. The molecule has 0 saturated carbocycles. The van der Waals surface area contributed by atoms with Gasteiger partial charge < -0.3 is 20.3 Å². The summed E-state index contributed by atoms with van der Waals surface area (Å²) in [4.78, 5) is 28.7.